The monoisotopic (exact) mass is 387 g/mol. The number of alkyl halides is 3. The van der Waals surface area contributed by atoms with Gasteiger partial charge in [0.05, 0.1) is 6.61 Å². The molecule has 0 N–H and O–H groups in total. The number of piperazine rings is 1. The molecule has 1 aliphatic heterocycles. The van der Waals surface area contributed by atoms with Crippen LogP contribution in [-0.4, -0.2) is 53.7 Å². The molecule has 0 atom stereocenters. The van der Waals surface area contributed by atoms with Crippen molar-refractivity contribution in [2.45, 2.75) is 13.1 Å². The maximum Gasteiger partial charge on any atom is 0.434 e. The number of esters is 1. The SMILES string of the molecule is CCOC(=O)c1ccnc(N2CCN(c3nc(C(F)(F)F)cs3)CC2)n1. The lowest BCUT2D eigenvalue weighted by Gasteiger charge is -2.34. The summed E-state index contributed by atoms with van der Waals surface area (Å²) < 4.78 is 42.9. The molecule has 11 heteroatoms. The van der Waals surface area contributed by atoms with Crippen LogP contribution in [0.25, 0.3) is 0 Å². The van der Waals surface area contributed by atoms with Gasteiger partial charge in [-0.2, -0.15) is 13.2 Å². The van der Waals surface area contributed by atoms with Crippen LogP contribution >= 0.6 is 11.3 Å². The Labute approximate surface area is 151 Å². The van der Waals surface area contributed by atoms with Gasteiger partial charge in [-0.05, 0) is 13.0 Å². The molecule has 0 unspecified atom stereocenters. The standard InChI is InChI=1S/C15H16F3N5O2S/c1-2-25-12(24)10-3-4-19-13(20-10)22-5-7-23(8-6-22)14-21-11(9-26-14)15(16,17)18/h3-4,9H,2,5-8H2,1H3. The van der Waals surface area contributed by atoms with Gasteiger partial charge in [0.2, 0.25) is 5.95 Å². The lowest BCUT2D eigenvalue weighted by molar-refractivity contribution is -0.140. The number of carbonyl (C=O) groups is 1. The van der Waals surface area contributed by atoms with Crippen molar-refractivity contribution in [1.82, 2.24) is 15.0 Å². The summed E-state index contributed by atoms with van der Waals surface area (Å²) >= 11 is 0.976. The number of ether oxygens (including phenoxy) is 1. The van der Waals surface area contributed by atoms with E-state index in [1.165, 1.54) is 12.3 Å². The van der Waals surface area contributed by atoms with Crippen molar-refractivity contribution in [3.05, 3.63) is 29.0 Å². The number of thiazole rings is 1. The van der Waals surface area contributed by atoms with E-state index in [4.69, 9.17) is 4.74 Å². The van der Waals surface area contributed by atoms with Crippen molar-refractivity contribution in [3.63, 3.8) is 0 Å². The maximum absolute atomic E-state index is 12.7. The highest BCUT2D eigenvalue weighted by Gasteiger charge is 2.34. The van der Waals surface area contributed by atoms with Crippen LogP contribution in [0.1, 0.15) is 23.1 Å². The first-order valence-corrected chi connectivity index (χ1v) is 8.79. The molecule has 2 aromatic rings. The van der Waals surface area contributed by atoms with Crippen LogP contribution in [0.5, 0.6) is 0 Å². The lowest BCUT2D eigenvalue weighted by Crippen LogP contribution is -2.47. The molecular formula is C15H16F3N5O2S. The Morgan fingerprint density at radius 2 is 1.92 bits per heavy atom. The number of carbonyl (C=O) groups excluding carboxylic acids is 1. The molecule has 26 heavy (non-hydrogen) atoms. The first-order valence-electron chi connectivity index (χ1n) is 7.91. The minimum Gasteiger partial charge on any atom is -0.461 e. The molecule has 7 nitrogen and oxygen atoms in total. The molecule has 3 rings (SSSR count). The normalized spacial score (nSPS) is 15.2. The van der Waals surface area contributed by atoms with Crippen LogP contribution in [0.3, 0.4) is 0 Å². The van der Waals surface area contributed by atoms with Gasteiger partial charge in [-0.15, -0.1) is 11.3 Å². The Balaban J connectivity index is 1.64. The number of aromatic nitrogens is 3. The molecule has 0 bridgehead atoms. The number of hydrogen-bond donors (Lipinski definition) is 0. The van der Waals surface area contributed by atoms with Gasteiger partial charge < -0.3 is 14.5 Å². The first kappa shape index (κ1) is 18.4. The van der Waals surface area contributed by atoms with Crippen LogP contribution in [0.15, 0.2) is 17.6 Å². The number of anilines is 2. The summed E-state index contributed by atoms with van der Waals surface area (Å²) in [5, 5.41) is 1.37. The van der Waals surface area contributed by atoms with Crippen molar-refractivity contribution >= 4 is 28.4 Å². The van der Waals surface area contributed by atoms with Crippen LogP contribution in [0.4, 0.5) is 24.3 Å². The predicted octanol–water partition coefficient (Wildman–Crippen LogP) is 2.46. The molecule has 0 radical (unpaired) electrons. The quantitative estimate of drug-likeness (QED) is 0.747. The third kappa shape index (κ3) is 4.03. The zero-order valence-corrected chi connectivity index (χ0v) is 14.7. The third-order valence-electron chi connectivity index (χ3n) is 3.74. The number of nitrogens with zero attached hydrogens (tertiary/aromatic N) is 5. The molecule has 2 aromatic heterocycles. The van der Waals surface area contributed by atoms with E-state index in [0.717, 1.165) is 16.7 Å². The summed E-state index contributed by atoms with van der Waals surface area (Å²) in [6.45, 7) is 3.95. The molecule has 1 saturated heterocycles. The van der Waals surface area contributed by atoms with E-state index in [1.54, 1.807) is 11.8 Å². The highest BCUT2D eigenvalue weighted by atomic mass is 32.1. The fraction of sp³-hybridized carbons (Fsp3) is 0.467. The fourth-order valence-corrected chi connectivity index (χ4v) is 3.34. The highest BCUT2D eigenvalue weighted by Crippen LogP contribution is 2.33. The molecule has 0 amide bonds. The van der Waals surface area contributed by atoms with E-state index in [9.17, 15) is 18.0 Å². The number of hydrogen-bond acceptors (Lipinski definition) is 8. The average molecular weight is 387 g/mol. The van der Waals surface area contributed by atoms with Crippen molar-refractivity contribution in [1.29, 1.82) is 0 Å². The van der Waals surface area contributed by atoms with Gasteiger partial charge in [-0.25, -0.2) is 19.7 Å². The molecule has 0 saturated carbocycles. The summed E-state index contributed by atoms with van der Waals surface area (Å²) in [6.07, 6.45) is -2.95. The van der Waals surface area contributed by atoms with E-state index < -0.39 is 17.8 Å². The molecular weight excluding hydrogens is 371 g/mol. The van der Waals surface area contributed by atoms with Crippen LogP contribution in [0.2, 0.25) is 0 Å². The van der Waals surface area contributed by atoms with Crippen LogP contribution < -0.4 is 9.80 Å². The van der Waals surface area contributed by atoms with Gasteiger partial charge >= 0.3 is 12.1 Å². The second kappa shape index (κ2) is 7.44. The minimum atomic E-state index is -4.43. The molecule has 3 heterocycles. The lowest BCUT2D eigenvalue weighted by atomic mass is 10.3. The van der Waals surface area contributed by atoms with Crippen LogP contribution in [-0.2, 0) is 10.9 Å². The van der Waals surface area contributed by atoms with Crippen LogP contribution in [0, 0.1) is 0 Å². The summed E-state index contributed by atoms with van der Waals surface area (Å²) in [4.78, 5) is 27.5. The van der Waals surface area contributed by atoms with E-state index in [1.807, 2.05) is 4.90 Å². The number of halogens is 3. The Morgan fingerprint density at radius 3 is 2.54 bits per heavy atom. The smallest absolute Gasteiger partial charge is 0.434 e. The Bertz CT molecular complexity index is 775. The van der Waals surface area contributed by atoms with E-state index in [2.05, 4.69) is 15.0 Å². The maximum atomic E-state index is 12.7. The Morgan fingerprint density at radius 1 is 1.23 bits per heavy atom. The second-order valence-corrected chi connectivity index (χ2v) is 6.29. The van der Waals surface area contributed by atoms with Gasteiger partial charge in [-0.1, -0.05) is 0 Å². The molecule has 0 aromatic carbocycles. The zero-order chi connectivity index (χ0) is 18.7. The average Bonchev–Trinajstić information content (AvgIpc) is 3.13. The van der Waals surface area contributed by atoms with Gasteiger partial charge in [0.1, 0.15) is 0 Å². The summed E-state index contributed by atoms with van der Waals surface area (Å²) in [5.74, 6) is -0.123. The van der Waals surface area contributed by atoms with Gasteiger partial charge in [0.15, 0.2) is 16.5 Å². The van der Waals surface area contributed by atoms with E-state index >= 15 is 0 Å². The van der Waals surface area contributed by atoms with Crippen molar-refractivity contribution < 1.29 is 22.7 Å². The van der Waals surface area contributed by atoms with Crippen molar-refractivity contribution in [2.75, 3.05) is 42.6 Å². The molecule has 1 fully saturated rings. The van der Waals surface area contributed by atoms with E-state index in [-0.39, 0.29) is 12.3 Å². The second-order valence-electron chi connectivity index (χ2n) is 5.45. The summed E-state index contributed by atoms with van der Waals surface area (Å²) in [6, 6.07) is 1.48. The minimum absolute atomic E-state index is 0.175. The van der Waals surface area contributed by atoms with Gasteiger partial charge in [-0.3, -0.25) is 0 Å². The number of rotatable bonds is 4. The Kier molecular flexibility index (Phi) is 5.25. The molecule has 140 valence electrons. The molecule has 1 aliphatic rings. The first-order chi connectivity index (χ1) is 12.4. The third-order valence-corrected chi connectivity index (χ3v) is 4.64. The largest absolute Gasteiger partial charge is 0.461 e. The van der Waals surface area contributed by atoms with Gasteiger partial charge in [0.25, 0.3) is 0 Å². The van der Waals surface area contributed by atoms with E-state index in [0.29, 0.717) is 37.3 Å². The van der Waals surface area contributed by atoms with Crippen molar-refractivity contribution in [2.24, 2.45) is 0 Å². The summed E-state index contributed by atoms with van der Waals surface area (Å²) in [7, 11) is 0. The summed E-state index contributed by atoms with van der Waals surface area (Å²) in [5.41, 5.74) is -0.695. The fourth-order valence-electron chi connectivity index (χ4n) is 2.46. The molecule has 0 aliphatic carbocycles. The van der Waals surface area contributed by atoms with Crippen molar-refractivity contribution in [3.8, 4) is 0 Å². The topological polar surface area (TPSA) is 71.5 Å². The zero-order valence-electron chi connectivity index (χ0n) is 13.9. The predicted molar refractivity (Wildman–Crippen MR) is 89.5 cm³/mol. The highest BCUT2D eigenvalue weighted by molar-refractivity contribution is 7.13. The Hall–Kier alpha value is -2.43. The van der Waals surface area contributed by atoms with Gasteiger partial charge in [0, 0.05) is 37.8 Å². The molecule has 0 spiro atoms.